The summed E-state index contributed by atoms with van der Waals surface area (Å²) in [4.78, 5) is 0. The molecule has 0 unspecified atom stereocenters. The smallest absolute Gasteiger partial charge is 0.0620 e. The summed E-state index contributed by atoms with van der Waals surface area (Å²) in [6.07, 6.45) is 0. The first-order valence-electron chi connectivity index (χ1n) is 26.7. The van der Waals surface area contributed by atoms with Gasteiger partial charge in [-0.15, -0.1) is 34.0 Å². The molecule has 8 aromatic heterocycles. The number of para-hydroxylation sites is 4. The van der Waals surface area contributed by atoms with Gasteiger partial charge in [-0.1, -0.05) is 146 Å². The number of hydrogen-bond acceptors (Lipinski definition) is 3. The lowest BCUT2D eigenvalue weighted by molar-refractivity contribution is 1.20. The highest BCUT2D eigenvalue weighted by Crippen LogP contribution is 2.55. The molecule has 0 amide bonds. The van der Waals surface area contributed by atoms with Gasteiger partial charge in [0.15, 0.2) is 0 Å². The van der Waals surface area contributed by atoms with Crippen molar-refractivity contribution in [2.24, 2.45) is 0 Å². The predicted octanol–water partition coefficient (Wildman–Crippen LogP) is 21.5. The van der Waals surface area contributed by atoms with Crippen molar-refractivity contribution in [3.8, 4) is 27.9 Å². The predicted molar refractivity (Wildman–Crippen MR) is 340 cm³/mol. The lowest BCUT2D eigenvalue weighted by Crippen LogP contribution is -1.96. The summed E-state index contributed by atoms with van der Waals surface area (Å²) in [5.41, 5.74) is 16.2. The van der Waals surface area contributed by atoms with E-state index in [-0.39, 0.29) is 0 Å². The molecule has 0 spiro atoms. The van der Waals surface area contributed by atoms with Gasteiger partial charge in [-0.2, -0.15) is 0 Å². The fourth-order valence-corrected chi connectivity index (χ4v) is 18.2. The lowest BCUT2D eigenvalue weighted by atomic mass is 9.94. The molecule has 0 atom stereocenters. The van der Waals surface area contributed by atoms with Crippen LogP contribution in [0.1, 0.15) is 0 Å². The summed E-state index contributed by atoms with van der Waals surface area (Å²) >= 11 is 5.79. The molecule has 0 saturated heterocycles. The van der Waals surface area contributed by atoms with E-state index in [0.717, 1.165) is 0 Å². The minimum atomic E-state index is 1.21. The van der Waals surface area contributed by atoms with Gasteiger partial charge in [0.1, 0.15) is 0 Å². The van der Waals surface area contributed by atoms with Crippen molar-refractivity contribution in [2.75, 3.05) is 0 Å². The Morgan fingerprint density at radius 1 is 0.244 bits per heavy atom. The van der Waals surface area contributed by atoms with Gasteiger partial charge in [-0.25, -0.2) is 0 Å². The standard InChI is InChI=1S/C72H37N3S3/c1-6-23-53-40(14-1)42-19-11-21-44-51-34-38(30-32-55(51)74(53)69(42)44)49-36-59-68(72-64(49)46-16-3-9-27-61(46)78-72)67-58(73(59)57-25-13-29-63-65(57)47-17-4-8-26-60(47)76-63)37-50(71-66(67)48-18-5-10-28-62(48)77-71)39-31-33-56-52(35-39)45-22-12-20-43-41-15-2-7-24-54(41)75(56)70(43)45/h1-37H. The van der Waals surface area contributed by atoms with E-state index >= 15 is 0 Å². The summed E-state index contributed by atoms with van der Waals surface area (Å²) in [7, 11) is 0. The zero-order valence-corrected chi connectivity index (χ0v) is 43.9. The highest BCUT2D eigenvalue weighted by Gasteiger charge is 2.28. The molecule has 12 aromatic carbocycles. The summed E-state index contributed by atoms with van der Waals surface area (Å²) in [5.74, 6) is 0. The number of nitrogens with zero attached hydrogens (tertiary/aromatic N) is 3. The van der Waals surface area contributed by atoms with Gasteiger partial charge in [0.05, 0.1) is 49.8 Å². The van der Waals surface area contributed by atoms with Crippen LogP contribution >= 0.6 is 34.0 Å². The van der Waals surface area contributed by atoms with Crippen LogP contribution < -0.4 is 0 Å². The van der Waals surface area contributed by atoms with Gasteiger partial charge in [-0.3, -0.25) is 0 Å². The van der Waals surface area contributed by atoms with Crippen LogP contribution in [0.2, 0.25) is 0 Å². The van der Waals surface area contributed by atoms with Crippen LogP contribution in [0, 0.1) is 0 Å². The monoisotopic (exact) mass is 1040 g/mol. The number of hydrogen-bond donors (Lipinski definition) is 0. The summed E-state index contributed by atoms with van der Waals surface area (Å²) in [6, 6.07) is 85.4. The fourth-order valence-electron chi connectivity index (χ4n) is 14.6. The molecular weight excluding hydrogens is 1000 g/mol. The van der Waals surface area contributed by atoms with Crippen molar-refractivity contribution in [1.29, 1.82) is 0 Å². The van der Waals surface area contributed by atoms with E-state index in [1.807, 2.05) is 34.0 Å². The molecule has 0 saturated carbocycles. The van der Waals surface area contributed by atoms with Gasteiger partial charge in [0.25, 0.3) is 0 Å². The van der Waals surface area contributed by atoms with Gasteiger partial charge in [-0.05, 0) is 95.6 Å². The van der Waals surface area contributed by atoms with Crippen molar-refractivity contribution in [3.05, 3.63) is 224 Å². The molecule has 3 nitrogen and oxygen atoms in total. The van der Waals surface area contributed by atoms with E-state index in [0.29, 0.717) is 0 Å². The molecule has 78 heavy (non-hydrogen) atoms. The first-order valence-corrected chi connectivity index (χ1v) is 29.2. The molecule has 8 heterocycles. The average molecular weight is 1040 g/mol. The van der Waals surface area contributed by atoms with Crippen LogP contribution in [0.5, 0.6) is 0 Å². The molecule has 0 radical (unpaired) electrons. The maximum Gasteiger partial charge on any atom is 0.0620 e. The highest BCUT2D eigenvalue weighted by molar-refractivity contribution is 7.27. The quantitative estimate of drug-likeness (QED) is 0.167. The largest absolute Gasteiger partial charge is 0.308 e. The number of fused-ring (bicyclic) bond motifs is 26. The molecule has 0 aliphatic rings. The van der Waals surface area contributed by atoms with E-state index in [1.54, 1.807) is 0 Å². The average Bonchev–Trinajstić information content (AvgIpc) is 4.48. The first kappa shape index (κ1) is 40.9. The molecular formula is C72H37N3S3. The minimum Gasteiger partial charge on any atom is -0.308 e. The van der Waals surface area contributed by atoms with Crippen molar-refractivity contribution in [1.82, 2.24) is 13.4 Å². The third-order valence-electron chi connectivity index (χ3n) is 17.7. The Balaban J connectivity index is 0.969. The Kier molecular flexibility index (Phi) is 7.55. The zero-order chi connectivity index (χ0) is 50.2. The number of benzene rings is 12. The SMILES string of the molecule is c1ccc2c(c1)sc1cccc(-n3c4cc(-c5ccc6c(c5)c5cccc7c8ccccc8n6c75)c5c6ccccc6sc5c4c4c5c(sc6ccccc65)c(-c5ccc6c(c5)c5cccc7c8ccccc8n6c75)cc43)c12. The topological polar surface area (TPSA) is 13.8 Å². The number of thiophene rings is 3. The molecule has 0 bridgehead atoms. The number of rotatable bonds is 3. The van der Waals surface area contributed by atoms with Crippen LogP contribution in [0.4, 0.5) is 0 Å². The minimum absolute atomic E-state index is 1.21. The van der Waals surface area contributed by atoms with Crippen molar-refractivity contribution in [3.63, 3.8) is 0 Å². The second kappa shape index (κ2) is 14.4. The van der Waals surface area contributed by atoms with Gasteiger partial charge >= 0.3 is 0 Å². The maximum atomic E-state index is 2.67. The van der Waals surface area contributed by atoms with Crippen molar-refractivity contribution >= 4 is 193 Å². The van der Waals surface area contributed by atoms with E-state index in [1.165, 1.54) is 186 Å². The van der Waals surface area contributed by atoms with Crippen molar-refractivity contribution in [2.45, 2.75) is 0 Å². The van der Waals surface area contributed by atoms with Crippen LogP contribution in [0.3, 0.4) is 0 Å². The second-order valence-electron chi connectivity index (χ2n) is 21.4. The van der Waals surface area contributed by atoms with E-state index < -0.39 is 0 Å². The molecule has 0 aliphatic heterocycles. The van der Waals surface area contributed by atoms with E-state index in [2.05, 4.69) is 238 Å². The zero-order valence-electron chi connectivity index (χ0n) is 41.4. The lowest BCUT2D eigenvalue weighted by Gasteiger charge is -2.13. The molecule has 0 aliphatic carbocycles. The summed E-state index contributed by atoms with van der Waals surface area (Å²) in [6.45, 7) is 0. The third kappa shape index (κ3) is 4.93. The summed E-state index contributed by atoms with van der Waals surface area (Å²) in [5, 5.41) is 20.9. The molecule has 20 rings (SSSR count). The Morgan fingerprint density at radius 3 is 1.31 bits per heavy atom. The second-order valence-corrected chi connectivity index (χ2v) is 24.6. The Bertz CT molecular complexity index is 6070. The summed E-state index contributed by atoms with van der Waals surface area (Å²) < 4.78 is 15.5. The molecule has 0 fully saturated rings. The molecule has 358 valence electrons. The van der Waals surface area contributed by atoms with E-state index in [4.69, 9.17) is 0 Å². The van der Waals surface area contributed by atoms with Gasteiger partial charge in [0, 0.05) is 120 Å². The first-order chi connectivity index (χ1) is 38.7. The normalized spacial score (nSPS) is 12.9. The Morgan fingerprint density at radius 2 is 0.679 bits per heavy atom. The van der Waals surface area contributed by atoms with Gasteiger partial charge < -0.3 is 13.4 Å². The maximum absolute atomic E-state index is 2.67. The molecule has 20 aromatic rings. The van der Waals surface area contributed by atoms with Crippen LogP contribution in [-0.4, -0.2) is 13.4 Å². The van der Waals surface area contributed by atoms with Crippen LogP contribution in [0.15, 0.2) is 224 Å². The van der Waals surface area contributed by atoms with Crippen LogP contribution in [-0.2, 0) is 0 Å². The fraction of sp³-hybridized carbons (Fsp3) is 0. The molecule has 0 N–H and O–H groups in total. The van der Waals surface area contributed by atoms with Crippen LogP contribution in [0.25, 0.3) is 186 Å². The Hall–Kier alpha value is -9.30. The Labute approximate surface area is 455 Å². The number of aromatic nitrogens is 3. The molecule has 6 heteroatoms. The van der Waals surface area contributed by atoms with E-state index in [9.17, 15) is 0 Å². The highest BCUT2D eigenvalue weighted by atomic mass is 32.1. The van der Waals surface area contributed by atoms with Gasteiger partial charge in [0.2, 0.25) is 0 Å². The third-order valence-corrected chi connectivity index (χ3v) is 21.2. The van der Waals surface area contributed by atoms with Crippen molar-refractivity contribution < 1.29 is 0 Å².